The Morgan fingerprint density at radius 1 is 1.19 bits per heavy atom. The summed E-state index contributed by atoms with van der Waals surface area (Å²) in [6, 6.07) is 2.97. The van der Waals surface area contributed by atoms with Crippen molar-refractivity contribution in [1.29, 1.82) is 0 Å². The van der Waals surface area contributed by atoms with Crippen molar-refractivity contribution in [3.8, 4) is 5.75 Å². The average Bonchev–Trinajstić information content (AvgIpc) is 2.40. The fraction of sp³-hybridized carbons (Fsp3) is 0.625. The molecule has 2 heterocycles. The van der Waals surface area contributed by atoms with E-state index in [0.717, 1.165) is 19.3 Å². The summed E-state index contributed by atoms with van der Waals surface area (Å²) in [4.78, 5) is 2.30. The summed E-state index contributed by atoms with van der Waals surface area (Å²) in [5.74, 6) is -1.91. The van der Waals surface area contributed by atoms with Crippen LogP contribution in [0.2, 0.25) is 0 Å². The molecular weight excluding hydrogens is 276 g/mol. The number of fused-ring (bicyclic) bond motifs is 2. The molecule has 2 bridgehead atoms. The van der Waals surface area contributed by atoms with E-state index in [9.17, 15) is 13.9 Å². The first kappa shape index (κ1) is 14.7. The number of methoxy groups -OCH3 is 1. The summed E-state index contributed by atoms with van der Waals surface area (Å²) in [6.45, 7) is 0. The summed E-state index contributed by atoms with van der Waals surface area (Å²) < 4.78 is 32.5. The van der Waals surface area contributed by atoms with Gasteiger partial charge >= 0.3 is 0 Å². The first-order valence-electron chi connectivity index (χ1n) is 7.42. The molecule has 0 aromatic heterocycles. The Kier molecular flexibility index (Phi) is 3.66. The largest absolute Gasteiger partial charge is 0.491 e. The maximum absolute atomic E-state index is 13.9. The lowest BCUT2D eigenvalue weighted by molar-refractivity contribution is -0.0877. The van der Waals surface area contributed by atoms with Gasteiger partial charge < -0.3 is 14.7 Å². The predicted octanol–water partition coefficient (Wildman–Crippen LogP) is 2.81. The molecule has 3 nitrogen and oxygen atoms in total. The highest BCUT2D eigenvalue weighted by atomic mass is 19.1. The van der Waals surface area contributed by atoms with Gasteiger partial charge in [0.15, 0.2) is 17.4 Å². The highest BCUT2D eigenvalue weighted by Gasteiger charge is 2.45. The van der Waals surface area contributed by atoms with Crippen molar-refractivity contribution < 1.29 is 18.6 Å². The zero-order chi connectivity index (χ0) is 15.2. The van der Waals surface area contributed by atoms with Crippen LogP contribution < -0.4 is 4.74 Å². The molecule has 0 amide bonds. The third-order valence-electron chi connectivity index (χ3n) is 5.11. The molecule has 3 rings (SSSR count). The number of rotatable bonds is 2. The van der Waals surface area contributed by atoms with Crippen molar-refractivity contribution in [3.05, 3.63) is 29.3 Å². The zero-order valence-corrected chi connectivity index (χ0v) is 12.4. The Morgan fingerprint density at radius 2 is 1.71 bits per heavy atom. The van der Waals surface area contributed by atoms with Gasteiger partial charge in [0.25, 0.3) is 0 Å². The Labute approximate surface area is 123 Å². The van der Waals surface area contributed by atoms with Crippen molar-refractivity contribution in [2.45, 2.75) is 49.8 Å². The molecule has 2 aliphatic heterocycles. The van der Waals surface area contributed by atoms with Gasteiger partial charge in [0.2, 0.25) is 0 Å². The summed E-state index contributed by atoms with van der Waals surface area (Å²) >= 11 is 0. The molecule has 5 heteroatoms. The number of hydrogen-bond donors (Lipinski definition) is 1. The lowest BCUT2D eigenvalue weighted by atomic mass is 9.73. The van der Waals surface area contributed by atoms with E-state index < -0.39 is 23.0 Å². The molecule has 2 atom stereocenters. The average molecular weight is 297 g/mol. The molecule has 1 N–H and O–H groups in total. The Hall–Kier alpha value is -1.20. The maximum atomic E-state index is 13.9. The predicted molar refractivity (Wildman–Crippen MR) is 75.2 cm³/mol. The van der Waals surface area contributed by atoms with Crippen molar-refractivity contribution in [1.82, 2.24) is 4.90 Å². The van der Waals surface area contributed by atoms with E-state index in [0.29, 0.717) is 18.4 Å². The minimum absolute atomic E-state index is 0.274. The third kappa shape index (κ3) is 2.42. The molecule has 0 aliphatic carbocycles. The van der Waals surface area contributed by atoms with Crippen molar-refractivity contribution >= 4 is 0 Å². The summed E-state index contributed by atoms with van der Waals surface area (Å²) in [7, 11) is 3.30. The van der Waals surface area contributed by atoms with Crippen LogP contribution in [0.1, 0.15) is 37.7 Å². The summed E-state index contributed by atoms with van der Waals surface area (Å²) in [6.07, 6.45) is 4.24. The fourth-order valence-electron chi connectivity index (χ4n) is 3.91. The third-order valence-corrected chi connectivity index (χ3v) is 5.11. The standard InChI is InChI=1S/C16H21F2NO2/c1-19-11-4-3-5-12(19)9-16(20,8-11)10-6-13(17)15(21-2)14(18)7-10/h6-7,11-12,20H,3-5,8-9H2,1-2H3. The van der Waals surface area contributed by atoms with E-state index in [1.807, 2.05) is 0 Å². The second-order valence-corrected chi connectivity index (χ2v) is 6.32. The number of piperidine rings is 2. The topological polar surface area (TPSA) is 32.7 Å². The molecule has 1 aromatic rings. The maximum Gasteiger partial charge on any atom is 0.190 e. The quantitative estimate of drug-likeness (QED) is 0.911. The first-order valence-corrected chi connectivity index (χ1v) is 7.42. The van der Waals surface area contributed by atoms with E-state index >= 15 is 0 Å². The first-order chi connectivity index (χ1) is 9.94. The molecule has 2 fully saturated rings. The van der Waals surface area contributed by atoms with Crippen LogP contribution in [-0.2, 0) is 5.60 Å². The van der Waals surface area contributed by atoms with Crippen LogP contribution >= 0.6 is 0 Å². The molecule has 0 radical (unpaired) electrons. The van der Waals surface area contributed by atoms with Crippen LogP contribution in [-0.4, -0.2) is 36.2 Å². The normalized spacial score (nSPS) is 33.0. The van der Waals surface area contributed by atoms with Gasteiger partial charge in [0.1, 0.15) is 0 Å². The second kappa shape index (κ2) is 5.21. The van der Waals surface area contributed by atoms with Crippen LogP contribution in [0.4, 0.5) is 8.78 Å². The van der Waals surface area contributed by atoms with E-state index in [1.165, 1.54) is 19.2 Å². The van der Waals surface area contributed by atoms with Gasteiger partial charge in [-0.2, -0.15) is 0 Å². The number of hydrogen-bond acceptors (Lipinski definition) is 3. The van der Waals surface area contributed by atoms with Crippen LogP contribution in [0.15, 0.2) is 12.1 Å². The monoisotopic (exact) mass is 297 g/mol. The minimum Gasteiger partial charge on any atom is -0.491 e. The number of nitrogens with zero attached hydrogens (tertiary/aromatic N) is 1. The molecule has 2 unspecified atom stereocenters. The van der Waals surface area contributed by atoms with Crippen LogP contribution in [0.3, 0.4) is 0 Å². The molecular formula is C16H21F2NO2. The Balaban J connectivity index is 1.96. The molecule has 2 saturated heterocycles. The van der Waals surface area contributed by atoms with Crippen molar-refractivity contribution in [3.63, 3.8) is 0 Å². The number of halogens is 2. The Morgan fingerprint density at radius 3 is 2.19 bits per heavy atom. The highest BCUT2D eigenvalue weighted by Crippen LogP contribution is 2.44. The molecule has 116 valence electrons. The van der Waals surface area contributed by atoms with Crippen molar-refractivity contribution in [2.24, 2.45) is 0 Å². The van der Waals surface area contributed by atoms with Crippen LogP contribution in [0, 0.1) is 11.6 Å². The van der Waals surface area contributed by atoms with E-state index in [-0.39, 0.29) is 12.1 Å². The van der Waals surface area contributed by atoms with Crippen molar-refractivity contribution in [2.75, 3.05) is 14.2 Å². The lowest BCUT2D eigenvalue weighted by Crippen LogP contribution is -2.55. The van der Waals surface area contributed by atoms with E-state index in [4.69, 9.17) is 4.74 Å². The second-order valence-electron chi connectivity index (χ2n) is 6.32. The number of benzene rings is 1. The molecule has 21 heavy (non-hydrogen) atoms. The molecule has 1 aromatic carbocycles. The Bertz CT molecular complexity index is 512. The molecule has 2 aliphatic rings. The van der Waals surface area contributed by atoms with Gasteiger partial charge in [-0.15, -0.1) is 0 Å². The van der Waals surface area contributed by atoms with Gasteiger partial charge in [-0.05, 0) is 50.4 Å². The number of aliphatic hydroxyl groups is 1. The van der Waals surface area contributed by atoms with E-state index in [2.05, 4.69) is 11.9 Å². The van der Waals surface area contributed by atoms with Crippen LogP contribution in [0.5, 0.6) is 5.75 Å². The van der Waals surface area contributed by atoms with Gasteiger partial charge in [0, 0.05) is 12.1 Å². The SMILES string of the molecule is COc1c(F)cc(C2(O)CC3CCCC(C2)N3C)cc1F. The summed E-state index contributed by atoms with van der Waals surface area (Å²) in [5.41, 5.74) is -0.834. The smallest absolute Gasteiger partial charge is 0.190 e. The van der Waals surface area contributed by atoms with Gasteiger partial charge in [0.05, 0.1) is 12.7 Å². The highest BCUT2D eigenvalue weighted by molar-refractivity contribution is 5.35. The van der Waals surface area contributed by atoms with Crippen LogP contribution in [0.25, 0.3) is 0 Å². The van der Waals surface area contributed by atoms with Gasteiger partial charge in [-0.25, -0.2) is 8.78 Å². The molecule has 0 saturated carbocycles. The van der Waals surface area contributed by atoms with Gasteiger partial charge in [-0.1, -0.05) is 6.42 Å². The minimum atomic E-state index is -1.16. The lowest BCUT2D eigenvalue weighted by Gasteiger charge is -2.50. The zero-order valence-electron chi connectivity index (χ0n) is 12.4. The number of ether oxygens (including phenoxy) is 1. The van der Waals surface area contributed by atoms with E-state index in [1.54, 1.807) is 0 Å². The fourth-order valence-corrected chi connectivity index (χ4v) is 3.91. The summed E-state index contributed by atoms with van der Waals surface area (Å²) in [5, 5.41) is 11.0. The van der Waals surface area contributed by atoms with Gasteiger partial charge in [-0.3, -0.25) is 0 Å². The molecule has 0 spiro atoms.